The quantitative estimate of drug-likeness (QED) is 0.404. The van der Waals surface area contributed by atoms with Gasteiger partial charge in [0.2, 0.25) is 0 Å². The maximum atomic E-state index is 12.8. The number of rotatable bonds is 6. The summed E-state index contributed by atoms with van der Waals surface area (Å²) in [6, 6.07) is 18.0. The van der Waals surface area contributed by atoms with E-state index in [1.807, 2.05) is 43.3 Å². The first-order chi connectivity index (χ1) is 15.5. The number of nitrogens with one attached hydrogen (secondary N) is 1. The highest BCUT2D eigenvalue weighted by Gasteiger charge is 2.17. The van der Waals surface area contributed by atoms with E-state index in [4.69, 9.17) is 0 Å². The van der Waals surface area contributed by atoms with Crippen molar-refractivity contribution in [3.63, 3.8) is 0 Å². The highest BCUT2D eigenvalue weighted by Crippen LogP contribution is 2.27. The van der Waals surface area contributed by atoms with Gasteiger partial charge in [-0.15, -0.1) is 21.5 Å². The van der Waals surface area contributed by atoms with Crippen molar-refractivity contribution in [2.24, 2.45) is 0 Å². The first kappa shape index (κ1) is 20.3. The summed E-state index contributed by atoms with van der Waals surface area (Å²) in [5.41, 5.74) is 3.36. The lowest BCUT2D eigenvalue weighted by Crippen LogP contribution is -2.11. The van der Waals surface area contributed by atoms with Gasteiger partial charge >= 0.3 is 0 Å². The second-order valence-corrected chi connectivity index (χ2v) is 10.1. The predicted molar refractivity (Wildman–Crippen MR) is 124 cm³/mol. The molecule has 5 rings (SSSR count). The lowest BCUT2D eigenvalue weighted by molar-refractivity contribution is 0.603. The monoisotopic (exact) mass is 462 g/mol. The van der Waals surface area contributed by atoms with Gasteiger partial charge < -0.3 is 0 Å². The largest absolute Gasteiger partial charge is 0.279 e. The molecule has 10 heteroatoms. The number of pyridine rings is 1. The predicted octanol–water partition coefficient (Wildman–Crippen LogP) is 4.28. The molecule has 1 N–H and O–H groups in total. The third-order valence-electron chi connectivity index (χ3n) is 4.86. The lowest BCUT2D eigenvalue weighted by atomic mass is 10.1. The molecule has 4 aromatic heterocycles. The van der Waals surface area contributed by atoms with Gasteiger partial charge in [0.1, 0.15) is 4.21 Å². The first-order valence-electron chi connectivity index (χ1n) is 9.88. The zero-order valence-corrected chi connectivity index (χ0v) is 18.6. The topological polar surface area (TPSA) is 102 Å². The average Bonchev–Trinajstić information content (AvgIpc) is 3.47. The molecular formula is C22H18N6O2S2. The fourth-order valence-corrected chi connectivity index (χ4v) is 5.61. The van der Waals surface area contributed by atoms with Crippen LogP contribution in [0.5, 0.6) is 0 Å². The number of benzene rings is 1. The van der Waals surface area contributed by atoms with Gasteiger partial charge in [-0.1, -0.05) is 19.1 Å². The van der Waals surface area contributed by atoms with Gasteiger partial charge in [-0.05, 0) is 55.0 Å². The van der Waals surface area contributed by atoms with E-state index < -0.39 is 10.0 Å². The normalized spacial score (nSPS) is 11.7. The number of thiophene rings is 1. The van der Waals surface area contributed by atoms with Crippen LogP contribution < -0.4 is 4.72 Å². The van der Waals surface area contributed by atoms with E-state index in [2.05, 4.69) is 25.0 Å². The highest BCUT2D eigenvalue weighted by molar-refractivity contribution is 7.94. The van der Waals surface area contributed by atoms with Gasteiger partial charge in [0.05, 0.1) is 5.69 Å². The molecule has 0 fully saturated rings. The zero-order chi connectivity index (χ0) is 22.1. The van der Waals surface area contributed by atoms with Crippen molar-refractivity contribution in [2.75, 3.05) is 4.72 Å². The Morgan fingerprint density at radius 2 is 1.81 bits per heavy atom. The van der Waals surface area contributed by atoms with E-state index in [0.717, 1.165) is 22.4 Å². The van der Waals surface area contributed by atoms with Crippen molar-refractivity contribution < 1.29 is 8.42 Å². The number of aryl methyl sites for hydroxylation is 1. The second kappa shape index (κ2) is 8.13. The molecule has 0 saturated heterocycles. The first-order valence-corrected chi connectivity index (χ1v) is 12.2. The molecule has 1 aromatic carbocycles. The summed E-state index contributed by atoms with van der Waals surface area (Å²) < 4.78 is 30.2. The third-order valence-corrected chi connectivity index (χ3v) is 7.96. The highest BCUT2D eigenvalue weighted by atomic mass is 32.2. The summed E-state index contributed by atoms with van der Waals surface area (Å²) in [5.74, 6) is 0.602. The van der Waals surface area contributed by atoms with Gasteiger partial charge in [0, 0.05) is 34.1 Å². The van der Waals surface area contributed by atoms with Gasteiger partial charge in [-0.25, -0.2) is 8.42 Å². The van der Waals surface area contributed by atoms with E-state index >= 15 is 0 Å². The Labute approximate surface area is 188 Å². The van der Waals surface area contributed by atoms with Gasteiger partial charge in [-0.2, -0.15) is 9.61 Å². The fourth-order valence-electron chi connectivity index (χ4n) is 3.26. The number of sulfonamides is 1. The molecule has 0 aliphatic heterocycles. The summed E-state index contributed by atoms with van der Waals surface area (Å²) in [6.45, 7) is 2.00. The van der Waals surface area contributed by atoms with Crippen LogP contribution in [0.4, 0.5) is 5.69 Å². The van der Waals surface area contributed by atoms with Gasteiger partial charge in [0.15, 0.2) is 11.5 Å². The number of anilines is 1. The Hall–Kier alpha value is -3.63. The minimum Gasteiger partial charge on any atom is -0.279 e. The lowest BCUT2D eigenvalue weighted by Gasteiger charge is -2.09. The molecule has 0 atom stereocenters. The van der Waals surface area contributed by atoms with Crippen LogP contribution >= 0.6 is 11.3 Å². The Morgan fingerprint density at radius 1 is 0.969 bits per heavy atom. The molecule has 0 aliphatic rings. The minimum atomic E-state index is -3.65. The molecule has 160 valence electrons. The van der Waals surface area contributed by atoms with Crippen molar-refractivity contribution in [1.82, 2.24) is 24.8 Å². The van der Waals surface area contributed by atoms with Crippen LogP contribution in [0.15, 0.2) is 77.3 Å². The molecule has 32 heavy (non-hydrogen) atoms. The molecule has 0 spiro atoms. The Morgan fingerprint density at radius 3 is 2.59 bits per heavy atom. The van der Waals surface area contributed by atoms with Crippen LogP contribution in [0.3, 0.4) is 0 Å². The third kappa shape index (κ3) is 3.85. The van der Waals surface area contributed by atoms with E-state index in [-0.39, 0.29) is 0 Å². The number of fused-ring (bicyclic) bond motifs is 1. The second-order valence-electron chi connectivity index (χ2n) is 7.01. The molecule has 0 bridgehead atoms. The van der Waals surface area contributed by atoms with Crippen LogP contribution in [-0.4, -0.2) is 33.2 Å². The van der Waals surface area contributed by atoms with E-state index in [9.17, 15) is 8.42 Å². The smallest absolute Gasteiger partial charge is 0.271 e. The SMILES string of the molecule is CCc1ccc(S(=O)(=O)Nc2cccc(-c3ccc4nnc(-c5ccncc5)n4n3)c2)s1. The number of aromatic nitrogens is 5. The van der Waals surface area contributed by atoms with Gasteiger partial charge in [0.25, 0.3) is 10.0 Å². The molecule has 0 saturated carbocycles. The molecule has 0 amide bonds. The zero-order valence-electron chi connectivity index (χ0n) is 17.0. The van der Waals surface area contributed by atoms with Crippen molar-refractivity contribution in [3.05, 3.63) is 77.9 Å². The average molecular weight is 463 g/mol. The fraction of sp³-hybridized carbons (Fsp3) is 0.0909. The van der Waals surface area contributed by atoms with E-state index in [1.165, 1.54) is 11.3 Å². The summed E-state index contributed by atoms with van der Waals surface area (Å²) in [4.78, 5) is 5.06. The maximum Gasteiger partial charge on any atom is 0.271 e. The number of nitrogens with zero attached hydrogens (tertiary/aromatic N) is 5. The molecule has 5 aromatic rings. The molecular weight excluding hydrogens is 444 g/mol. The Balaban J connectivity index is 1.49. The molecule has 0 radical (unpaired) electrons. The summed E-state index contributed by atoms with van der Waals surface area (Å²) in [5, 5.41) is 13.1. The number of hydrogen-bond donors (Lipinski definition) is 1. The van der Waals surface area contributed by atoms with Crippen LogP contribution in [-0.2, 0) is 16.4 Å². The van der Waals surface area contributed by atoms with Crippen molar-refractivity contribution in [2.45, 2.75) is 17.6 Å². The summed E-state index contributed by atoms with van der Waals surface area (Å²) in [6.07, 6.45) is 4.17. The standard InChI is InChI=1S/C22H18N6O2S2/c1-2-18-6-9-21(31-18)32(29,30)27-17-5-3-4-16(14-17)19-7-8-20-24-25-22(28(20)26-19)15-10-12-23-13-11-15/h3-14,27H,2H2,1H3. The maximum absolute atomic E-state index is 12.8. The minimum absolute atomic E-state index is 0.297. The van der Waals surface area contributed by atoms with Crippen LogP contribution in [0, 0.1) is 0 Å². The molecule has 0 aliphatic carbocycles. The van der Waals surface area contributed by atoms with Gasteiger partial charge in [-0.3, -0.25) is 9.71 Å². The van der Waals surface area contributed by atoms with Crippen molar-refractivity contribution in [3.8, 4) is 22.6 Å². The Bertz CT molecular complexity index is 1510. The van der Waals surface area contributed by atoms with E-state index in [1.54, 1.807) is 41.2 Å². The van der Waals surface area contributed by atoms with Crippen LogP contribution in [0.1, 0.15) is 11.8 Å². The molecule has 0 unspecified atom stereocenters. The summed E-state index contributed by atoms with van der Waals surface area (Å²) >= 11 is 1.28. The number of hydrogen-bond acceptors (Lipinski definition) is 7. The Kier molecular flexibility index (Phi) is 5.16. The molecule has 4 heterocycles. The van der Waals surface area contributed by atoms with Crippen LogP contribution in [0.2, 0.25) is 0 Å². The molecule has 8 nitrogen and oxygen atoms in total. The van der Waals surface area contributed by atoms with Crippen molar-refractivity contribution in [1.29, 1.82) is 0 Å². The van der Waals surface area contributed by atoms with Crippen molar-refractivity contribution >= 4 is 32.7 Å². The summed E-state index contributed by atoms with van der Waals surface area (Å²) in [7, 11) is -3.65. The van der Waals surface area contributed by atoms with E-state index in [0.29, 0.717) is 27.1 Å². The van der Waals surface area contributed by atoms with Crippen LogP contribution in [0.25, 0.3) is 28.3 Å².